The molecule has 1 saturated carbocycles. The Morgan fingerprint density at radius 2 is 1.93 bits per heavy atom. The molecule has 2 aromatic carbocycles. The third-order valence-corrected chi connectivity index (χ3v) is 5.82. The average Bonchev–Trinajstić information content (AvgIpc) is 2.68. The van der Waals surface area contributed by atoms with Gasteiger partial charge in [0.1, 0.15) is 17.3 Å². The predicted octanol–water partition coefficient (Wildman–Crippen LogP) is 4.26. The SMILES string of the molecule is COc1cccc2c(=O)c(C)c(C(=O)N[C@@H](c3ccc(F)cc3)C3CCC3)[nH]c12. The molecule has 0 saturated heterocycles. The monoisotopic (exact) mass is 394 g/mol. The molecule has 0 bridgehead atoms. The largest absolute Gasteiger partial charge is 0.495 e. The zero-order valence-electron chi connectivity index (χ0n) is 16.4. The van der Waals surface area contributed by atoms with Crippen LogP contribution in [-0.4, -0.2) is 18.0 Å². The summed E-state index contributed by atoms with van der Waals surface area (Å²) in [5.74, 6) is 0.136. The fourth-order valence-electron chi connectivity index (χ4n) is 3.91. The van der Waals surface area contributed by atoms with E-state index < -0.39 is 0 Å². The van der Waals surface area contributed by atoms with Crippen LogP contribution >= 0.6 is 0 Å². The van der Waals surface area contributed by atoms with E-state index >= 15 is 0 Å². The molecule has 1 aromatic heterocycles. The van der Waals surface area contributed by atoms with Gasteiger partial charge in [-0.05, 0) is 55.5 Å². The number of carbonyl (C=O) groups is 1. The van der Waals surface area contributed by atoms with Crippen molar-refractivity contribution in [3.63, 3.8) is 0 Å². The molecule has 0 spiro atoms. The minimum Gasteiger partial charge on any atom is -0.495 e. The van der Waals surface area contributed by atoms with Crippen molar-refractivity contribution in [2.45, 2.75) is 32.2 Å². The van der Waals surface area contributed by atoms with Crippen LogP contribution in [-0.2, 0) is 0 Å². The van der Waals surface area contributed by atoms with Gasteiger partial charge in [0.2, 0.25) is 0 Å². The molecule has 1 aliphatic carbocycles. The number of amides is 1. The molecule has 1 amide bonds. The second-order valence-electron chi connectivity index (χ2n) is 7.53. The molecule has 150 valence electrons. The smallest absolute Gasteiger partial charge is 0.268 e. The van der Waals surface area contributed by atoms with E-state index in [2.05, 4.69) is 10.3 Å². The van der Waals surface area contributed by atoms with Crippen molar-refractivity contribution in [3.8, 4) is 5.75 Å². The van der Waals surface area contributed by atoms with Gasteiger partial charge in [0.15, 0.2) is 5.43 Å². The number of carbonyl (C=O) groups excluding carboxylic acids is 1. The number of benzene rings is 2. The summed E-state index contributed by atoms with van der Waals surface area (Å²) in [7, 11) is 1.52. The maximum atomic E-state index is 13.4. The Morgan fingerprint density at radius 1 is 1.21 bits per heavy atom. The lowest BCUT2D eigenvalue weighted by atomic mass is 9.77. The summed E-state index contributed by atoms with van der Waals surface area (Å²) in [4.78, 5) is 29.1. The molecule has 3 aromatic rings. The van der Waals surface area contributed by atoms with Gasteiger partial charge >= 0.3 is 0 Å². The van der Waals surface area contributed by atoms with E-state index in [1.807, 2.05) is 0 Å². The van der Waals surface area contributed by atoms with Gasteiger partial charge in [-0.25, -0.2) is 4.39 Å². The zero-order chi connectivity index (χ0) is 20.5. The van der Waals surface area contributed by atoms with Crippen LogP contribution in [0, 0.1) is 18.7 Å². The summed E-state index contributed by atoms with van der Waals surface area (Å²) < 4.78 is 18.7. The Balaban J connectivity index is 1.73. The van der Waals surface area contributed by atoms with Crippen LogP contribution in [0.5, 0.6) is 5.75 Å². The van der Waals surface area contributed by atoms with Crippen LogP contribution in [0.25, 0.3) is 10.9 Å². The van der Waals surface area contributed by atoms with Crippen LogP contribution in [0.3, 0.4) is 0 Å². The molecule has 4 rings (SSSR count). The van der Waals surface area contributed by atoms with Crippen molar-refractivity contribution in [2.75, 3.05) is 7.11 Å². The van der Waals surface area contributed by atoms with Gasteiger partial charge in [-0.15, -0.1) is 0 Å². The van der Waals surface area contributed by atoms with E-state index in [4.69, 9.17) is 4.74 Å². The van der Waals surface area contributed by atoms with Crippen LogP contribution in [0.4, 0.5) is 4.39 Å². The normalized spacial score (nSPS) is 15.0. The van der Waals surface area contributed by atoms with Crippen LogP contribution in [0.1, 0.15) is 46.9 Å². The summed E-state index contributed by atoms with van der Waals surface area (Å²) in [6.45, 7) is 1.64. The molecule has 5 nitrogen and oxygen atoms in total. The molecular weight excluding hydrogens is 371 g/mol. The Kier molecular flexibility index (Phi) is 5.09. The summed E-state index contributed by atoms with van der Waals surface area (Å²) in [6.07, 6.45) is 3.12. The Hall–Kier alpha value is -3.15. The number of ether oxygens (including phenoxy) is 1. The number of halogens is 1. The first-order valence-electron chi connectivity index (χ1n) is 9.75. The number of H-pyrrole nitrogens is 1. The van der Waals surface area contributed by atoms with Crippen molar-refractivity contribution in [1.82, 2.24) is 10.3 Å². The van der Waals surface area contributed by atoms with Crippen LogP contribution in [0.2, 0.25) is 0 Å². The average molecular weight is 394 g/mol. The zero-order valence-corrected chi connectivity index (χ0v) is 16.4. The number of nitrogens with one attached hydrogen (secondary N) is 2. The maximum Gasteiger partial charge on any atom is 0.268 e. The lowest BCUT2D eigenvalue weighted by Gasteiger charge is -2.34. The number of hydrogen-bond donors (Lipinski definition) is 2. The first kappa shape index (κ1) is 19.2. The fourth-order valence-corrected chi connectivity index (χ4v) is 3.91. The molecule has 0 aliphatic heterocycles. The van der Waals surface area contributed by atoms with E-state index in [1.54, 1.807) is 37.3 Å². The Morgan fingerprint density at radius 3 is 2.55 bits per heavy atom. The number of fused-ring (bicyclic) bond motifs is 1. The number of pyridine rings is 1. The molecule has 0 radical (unpaired) electrons. The third kappa shape index (κ3) is 3.50. The van der Waals surface area contributed by atoms with Crippen molar-refractivity contribution < 1.29 is 13.9 Å². The summed E-state index contributed by atoms with van der Waals surface area (Å²) >= 11 is 0. The number of rotatable bonds is 5. The fraction of sp³-hybridized carbons (Fsp3) is 0.304. The topological polar surface area (TPSA) is 71.2 Å². The van der Waals surface area contributed by atoms with Gasteiger partial charge in [-0.1, -0.05) is 24.6 Å². The minimum absolute atomic E-state index is 0.204. The number of para-hydroxylation sites is 1. The third-order valence-electron chi connectivity index (χ3n) is 5.82. The van der Waals surface area contributed by atoms with E-state index in [0.29, 0.717) is 28.1 Å². The highest BCUT2D eigenvalue weighted by Crippen LogP contribution is 2.38. The highest BCUT2D eigenvalue weighted by molar-refractivity contribution is 5.97. The molecular formula is C23H23FN2O3. The minimum atomic E-state index is -0.353. The van der Waals surface area contributed by atoms with Gasteiger partial charge in [0.25, 0.3) is 5.91 Å². The van der Waals surface area contributed by atoms with Gasteiger partial charge < -0.3 is 15.0 Å². The highest BCUT2D eigenvalue weighted by atomic mass is 19.1. The highest BCUT2D eigenvalue weighted by Gasteiger charge is 2.31. The molecule has 2 N–H and O–H groups in total. The lowest BCUT2D eigenvalue weighted by molar-refractivity contribution is 0.0895. The van der Waals surface area contributed by atoms with E-state index in [9.17, 15) is 14.0 Å². The molecule has 0 unspecified atom stereocenters. The number of methoxy groups -OCH3 is 1. The van der Waals surface area contributed by atoms with Crippen LogP contribution < -0.4 is 15.5 Å². The van der Waals surface area contributed by atoms with E-state index in [0.717, 1.165) is 24.8 Å². The van der Waals surface area contributed by atoms with E-state index in [1.165, 1.54) is 19.2 Å². The summed E-state index contributed by atoms with van der Waals surface area (Å²) in [5.41, 5.74) is 1.73. The van der Waals surface area contributed by atoms with Gasteiger partial charge in [-0.2, -0.15) is 0 Å². The molecule has 1 fully saturated rings. The van der Waals surface area contributed by atoms with Crippen LogP contribution in [0.15, 0.2) is 47.3 Å². The molecule has 6 heteroatoms. The van der Waals surface area contributed by atoms with Crippen molar-refractivity contribution in [2.24, 2.45) is 5.92 Å². The second-order valence-corrected chi connectivity index (χ2v) is 7.53. The first-order chi connectivity index (χ1) is 14.0. The summed E-state index contributed by atoms with van der Waals surface area (Å²) in [6, 6.07) is 11.2. The Labute approximate surface area is 167 Å². The molecule has 1 aliphatic rings. The first-order valence-corrected chi connectivity index (χ1v) is 9.75. The van der Waals surface area contributed by atoms with Crippen molar-refractivity contribution in [1.29, 1.82) is 0 Å². The standard InChI is InChI=1S/C23H23FN2O3/c1-13-19(25-21-17(22(13)27)7-4-8-18(21)29-2)23(28)26-20(14-5-3-6-14)15-9-11-16(24)12-10-15/h4,7-12,14,20H,3,5-6H2,1-2H3,(H,25,27)(H,26,28)/t20-/m1/s1. The number of aromatic amines is 1. The number of aromatic nitrogens is 1. The van der Waals surface area contributed by atoms with Crippen molar-refractivity contribution >= 4 is 16.8 Å². The molecule has 1 atom stereocenters. The summed E-state index contributed by atoms with van der Waals surface area (Å²) in [5, 5.41) is 3.55. The van der Waals surface area contributed by atoms with E-state index in [-0.39, 0.29) is 28.9 Å². The maximum absolute atomic E-state index is 13.4. The second kappa shape index (κ2) is 7.70. The Bertz CT molecular complexity index is 1120. The van der Waals surface area contributed by atoms with Gasteiger partial charge in [0, 0.05) is 10.9 Å². The van der Waals surface area contributed by atoms with Gasteiger partial charge in [-0.3, -0.25) is 9.59 Å². The lowest BCUT2D eigenvalue weighted by Crippen LogP contribution is -2.37. The van der Waals surface area contributed by atoms with Gasteiger partial charge in [0.05, 0.1) is 18.7 Å². The van der Waals surface area contributed by atoms with Crippen molar-refractivity contribution in [3.05, 3.63) is 75.3 Å². The molecule has 1 heterocycles. The molecule has 29 heavy (non-hydrogen) atoms. The predicted molar refractivity (Wildman–Crippen MR) is 110 cm³/mol. The quantitative estimate of drug-likeness (QED) is 0.679. The number of hydrogen-bond acceptors (Lipinski definition) is 3.